The van der Waals surface area contributed by atoms with Gasteiger partial charge in [-0.25, -0.2) is 4.98 Å². The SMILES string of the molecule is O=[N+]([O-])c1cnc(C(O)C(O)CBr)s1. The lowest BCUT2D eigenvalue weighted by Crippen LogP contribution is -2.19. The maximum atomic E-state index is 10.3. The Bertz CT molecular complexity index is 331. The molecule has 1 aromatic rings. The van der Waals surface area contributed by atoms with Crippen LogP contribution in [0.2, 0.25) is 0 Å². The number of hydrogen-bond acceptors (Lipinski definition) is 6. The van der Waals surface area contributed by atoms with Crippen molar-refractivity contribution in [3.63, 3.8) is 0 Å². The van der Waals surface area contributed by atoms with Gasteiger partial charge in [0, 0.05) is 5.33 Å². The van der Waals surface area contributed by atoms with Crippen molar-refractivity contribution in [3.05, 3.63) is 21.3 Å². The van der Waals surface area contributed by atoms with Crippen LogP contribution in [-0.2, 0) is 0 Å². The summed E-state index contributed by atoms with van der Waals surface area (Å²) in [6, 6.07) is 0. The number of aliphatic hydroxyl groups is 2. The van der Waals surface area contributed by atoms with Crippen LogP contribution in [0.1, 0.15) is 11.1 Å². The second kappa shape index (κ2) is 4.78. The van der Waals surface area contributed by atoms with E-state index in [2.05, 4.69) is 20.9 Å². The topological polar surface area (TPSA) is 96.5 Å². The standard InChI is InChI=1S/C6H7BrN2O4S/c7-1-3(10)5(11)6-8-2-4(14-6)9(12)13/h2-3,5,10-11H,1H2. The largest absolute Gasteiger partial charge is 0.389 e. The minimum atomic E-state index is -1.19. The third-order valence-electron chi connectivity index (χ3n) is 1.47. The van der Waals surface area contributed by atoms with Gasteiger partial charge in [0.05, 0.1) is 11.0 Å². The minimum absolute atomic E-state index is 0.142. The summed E-state index contributed by atoms with van der Waals surface area (Å²) in [5, 5.41) is 29.1. The van der Waals surface area contributed by atoms with Gasteiger partial charge in [-0.05, 0) is 11.3 Å². The number of aliphatic hydroxyl groups excluding tert-OH is 2. The zero-order valence-corrected chi connectivity index (χ0v) is 9.23. The van der Waals surface area contributed by atoms with E-state index in [1.165, 1.54) is 0 Å². The fraction of sp³-hybridized carbons (Fsp3) is 0.500. The van der Waals surface area contributed by atoms with Crippen LogP contribution in [0.25, 0.3) is 0 Å². The fourth-order valence-corrected chi connectivity index (χ4v) is 1.88. The van der Waals surface area contributed by atoms with Gasteiger partial charge in [0.15, 0.2) is 0 Å². The van der Waals surface area contributed by atoms with Gasteiger partial charge >= 0.3 is 5.00 Å². The van der Waals surface area contributed by atoms with Gasteiger partial charge in [0.2, 0.25) is 0 Å². The zero-order chi connectivity index (χ0) is 10.7. The van der Waals surface area contributed by atoms with E-state index >= 15 is 0 Å². The third kappa shape index (κ3) is 2.47. The molecule has 0 aliphatic heterocycles. The van der Waals surface area contributed by atoms with Crippen LogP contribution < -0.4 is 0 Å². The number of nitro groups is 1. The van der Waals surface area contributed by atoms with E-state index in [0.717, 1.165) is 17.5 Å². The first kappa shape index (κ1) is 11.5. The summed E-state index contributed by atoms with van der Waals surface area (Å²) < 4.78 is 0. The van der Waals surface area contributed by atoms with Crippen LogP contribution in [0.3, 0.4) is 0 Å². The van der Waals surface area contributed by atoms with Crippen LogP contribution in [0, 0.1) is 10.1 Å². The molecule has 2 unspecified atom stereocenters. The summed E-state index contributed by atoms with van der Waals surface area (Å²) in [6.07, 6.45) is -1.14. The van der Waals surface area contributed by atoms with Gasteiger partial charge in [0.25, 0.3) is 0 Å². The van der Waals surface area contributed by atoms with Gasteiger partial charge in [-0.3, -0.25) is 10.1 Å². The maximum Gasteiger partial charge on any atom is 0.344 e. The highest BCUT2D eigenvalue weighted by Crippen LogP contribution is 2.27. The number of halogens is 1. The Morgan fingerprint density at radius 1 is 1.71 bits per heavy atom. The summed E-state index contributed by atoms with van der Waals surface area (Å²) in [5.41, 5.74) is 0. The highest BCUT2D eigenvalue weighted by molar-refractivity contribution is 9.09. The third-order valence-corrected chi connectivity index (χ3v) is 3.15. The van der Waals surface area contributed by atoms with Crippen molar-refractivity contribution in [2.75, 3.05) is 5.33 Å². The predicted octanol–water partition coefficient (Wildman–Crippen LogP) is 0.840. The van der Waals surface area contributed by atoms with Crippen LogP contribution in [0.5, 0.6) is 0 Å². The van der Waals surface area contributed by atoms with E-state index in [4.69, 9.17) is 0 Å². The highest BCUT2D eigenvalue weighted by atomic mass is 79.9. The molecule has 0 amide bonds. The summed E-state index contributed by atoms with van der Waals surface area (Å²) in [4.78, 5) is 13.4. The minimum Gasteiger partial charge on any atom is -0.389 e. The highest BCUT2D eigenvalue weighted by Gasteiger charge is 2.23. The average molecular weight is 283 g/mol. The molecule has 0 spiro atoms. The maximum absolute atomic E-state index is 10.3. The molecule has 0 bridgehead atoms. The number of hydrogen-bond donors (Lipinski definition) is 2. The fourth-order valence-electron chi connectivity index (χ4n) is 0.749. The molecule has 1 aromatic heterocycles. The Kier molecular flexibility index (Phi) is 3.93. The molecule has 1 heterocycles. The molecule has 0 fully saturated rings. The van der Waals surface area contributed by atoms with Crippen molar-refractivity contribution in [3.8, 4) is 0 Å². The second-order valence-corrected chi connectivity index (χ2v) is 4.15. The van der Waals surface area contributed by atoms with Gasteiger partial charge in [-0.1, -0.05) is 15.9 Å². The Balaban J connectivity index is 2.81. The van der Waals surface area contributed by atoms with Crippen LogP contribution in [-0.4, -0.2) is 31.6 Å². The van der Waals surface area contributed by atoms with Gasteiger partial charge in [-0.15, -0.1) is 0 Å². The molecule has 0 aromatic carbocycles. The molecule has 0 aliphatic rings. The van der Waals surface area contributed by atoms with Gasteiger partial charge in [0.1, 0.15) is 17.3 Å². The van der Waals surface area contributed by atoms with E-state index in [9.17, 15) is 20.3 Å². The number of rotatable bonds is 4. The molecular formula is C6H7BrN2O4S. The summed E-state index contributed by atoms with van der Waals surface area (Å²) >= 11 is 3.73. The lowest BCUT2D eigenvalue weighted by atomic mass is 10.2. The molecule has 0 radical (unpaired) electrons. The van der Waals surface area contributed by atoms with E-state index < -0.39 is 17.1 Å². The molecule has 1 rings (SSSR count). The van der Waals surface area contributed by atoms with Crippen LogP contribution in [0.4, 0.5) is 5.00 Å². The Hall–Kier alpha value is -0.570. The van der Waals surface area contributed by atoms with E-state index in [0.29, 0.717) is 0 Å². The lowest BCUT2D eigenvalue weighted by Gasteiger charge is -2.11. The van der Waals surface area contributed by atoms with E-state index in [-0.39, 0.29) is 15.3 Å². The van der Waals surface area contributed by atoms with Crippen LogP contribution in [0.15, 0.2) is 6.20 Å². The summed E-state index contributed by atoms with van der Waals surface area (Å²) in [7, 11) is 0. The molecular weight excluding hydrogens is 276 g/mol. The molecule has 2 atom stereocenters. The van der Waals surface area contributed by atoms with Gasteiger partial charge < -0.3 is 10.2 Å². The molecule has 0 saturated heterocycles. The van der Waals surface area contributed by atoms with Crippen molar-refractivity contribution in [1.29, 1.82) is 0 Å². The molecule has 0 saturated carbocycles. The molecule has 0 aliphatic carbocycles. The first-order valence-electron chi connectivity index (χ1n) is 3.58. The summed E-state index contributed by atoms with van der Waals surface area (Å²) in [6.45, 7) is 0. The van der Waals surface area contributed by atoms with Gasteiger partial charge in [-0.2, -0.15) is 0 Å². The first-order chi connectivity index (χ1) is 6.56. The Morgan fingerprint density at radius 2 is 2.36 bits per heavy atom. The van der Waals surface area contributed by atoms with Crippen molar-refractivity contribution in [2.45, 2.75) is 12.2 Å². The summed E-state index contributed by atoms with van der Waals surface area (Å²) in [5.74, 6) is 0. The van der Waals surface area contributed by atoms with E-state index in [1.54, 1.807) is 0 Å². The Labute approximate surface area is 91.5 Å². The van der Waals surface area contributed by atoms with Crippen molar-refractivity contribution in [1.82, 2.24) is 4.98 Å². The number of alkyl halides is 1. The van der Waals surface area contributed by atoms with Crippen LogP contribution >= 0.6 is 27.3 Å². The Morgan fingerprint density at radius 3 is 2.79 bits per heavy atom. The molecule has 2 N–H and O–H groups in total. The first-order valence-corrected chi connectivity index (χ1v) is 5.52. The quantitative estimate of drug-likeness (QED) is 0.485. The zero-order valence-electron chi connectivity index (χ0n) is 6.83. The second-order valence-electron chi connectivity index (χ2n) is 2.46. The number of aromatic nitrogens is 1. The lowest BCUT2D eigenvalue weighted by molar-refractivity contribution is -0.380. The molecule has 78 valence electrons. The van der Waals surface area contributed by atoms with Crippen molar-refractivity contribution >= 4 is 32.3 Å². The van der Waals surface area contributed by atoms with Crippen molar-refractivity contribution < 1.29 is 15.1 Å². The molecule has 14 heavy (non-hydrogen) atoms. The van der Waals surface area contributed by atoms with E-state index in [1.807, 2.05) is 0 Å². The molecule has 8 heteroatoms. The smallest absolute Gasteiger partial charge is 0.344 e. The number of thiazole rings is 1. The number of nitrogens with zero attached hydrogens (tertiary/aromatic N) is 2. The van der Waals surface area contributed by atoms with Crippen molar-refractivity contribution in [2.24, 2.45) is 0 Å². The normalized spacial score (nSPS) is 15.1. The monoisotopic (exact) mass is 282 g/mol. The average Bonchev–Trinajstić information content (AvgIpc) is 2.64. The molecule has 6 nitrogen and oxygen atoms in total. The predicted molar refractivity (Wildman–Crippen MR) is 53.5 cm³/mol.